The van der Waals surface area contributed by atoms with Gasteiger partial charge in [-0.1, -0.05) is 30.0 Å². The Morgan fingerprint density at radius 2 is 1.61 bits per heavy atom. The predicted octanol–water partition coefficient (Wildman–Crippen LogP) is 4.99. The summed E-state index contributed by atoms with van der Waals surface area (Å²) in [5.74, 6) is 1.61. The molecule has 0 bridgehead atoms. The van der Waals surface area contributed by atoms with Crippen LogP contribution in [0.1, 0.15) is 6.92 Å². The van der Waals surface area contributed by atoms with Crippen LogP contribution in [0, 0.1) is 10.1 Å². The van der Waals surface area contributed by atoms with Crippen molar-refractivity contribution in [3.05, 3.63) is 76.8 Å². The van der Waals surface area contributed by atoms with E-state index >= 15 is 0 Å². The number of hydrogen-bond donors (Lipinski definition) is 1. The molecular formula is C26H25N5O6S. The van der Waals surface area contributed by atoms with Crippen LogP contribution < -0.4 is 19.5 Å². The van der Waals surface area contributed by atoms with Crippen LogP contribution in [0.4, 0.5) is 11.4 Å². The number of para-hydroxylation sites is 1. The highest BCUT2D eigenvalue weighted by Crippen LogP contribution is 2.42. The Morgan fingerprint density at radius 1 is 0.974 bits per heavy atom. The van der Waals surface area contributed by atoms with Crippen LogP contribution in [-0.4, -0.2) is 52.2 Å². The number of carbonyl (C=O) groups excluding carboxylic acids is 1. The van der Waals surface area contributed by atoms with Crippen molar-refractivity contribution in [3.8, 4) is 34.3 Å². The first-order chi connectivity index (χ1) is 18.4. The van der Waals surface area contributed by atoms with Gasteiger partial charge in [0, 0.05) is 29.1 Å². The van der Waals surface area contributed by atoms with Crippen molar-refractivity contribution in [3.63, 3.8) is 0 Å². The molecule has 0 saturated heterocycles. The lowest BCUT2D eigenvalue weighted by molar-refractivity contribution is -0.384. The topological polar surface area (TPSA) is 131 Å². The van der Waals surface area contributed by atoms with Crippen molar-refractivity contribution in [2.45, 2.75) is 17.3 Å². The maximum absolute atomic E-state index is 12.9. The molecule has 1 atom stereocenters. The number of nitro benzene ring substituents is 1. The first-order valence-corrected chi connectivity index (χ1v) is 12.3. The summed E-state index contributed by atoms with van der Waals surface area (Å²) in [5.41, 5.74) is 1.87. The van der Waals surface area contributed by atoms with Crippen LogP contribution in [0.15, 0.2) is 71.9 Å². The van der Waals surface area contributed by atoms with Gasteiger partial charge in [0.25, 0.3) is 5.69 Å². The van der Waals surface area contributed by atoms with Crippen molar-refractivity contribution in [1.82, 2.24) is 14.8 Å². The second-order valence-electron chi connectivity index (χ2n) is 7.94. The quantitative estimate of drug-likeness (QED) is 0.170. The summed E-state index contributed by atoms with van der Waals surface area (Å²) in [5, 5.41) is 22.4. The average Bonchev–Trinajstić information content (AvgIpc) is 3.36. The molecule has 196 valence electrons. The number of non-ortho nitro benzene ring substituents is 1. The van der Waals surface area contributed by atoms with Gasteiger partial charge in [0.2, 0.25) is 11.7 Å². The summed E-state index contributed by atoms with van der Waals surface area (Å²) in [4.78, 5) is 23.3. The maximum Gasteiger partial charge on any atom is 0.269 e. The van der Waals surface area contributed by atoms with E-state index in [4.69, 9.17) is 14.2 Å². The van der Waals surface area contributed by atoms with Crippen LogP contribution in [0.2, 0.25) is 0 Å². The lowest BCUT2D eigenvalue weighted by Gasteiger charge is -2.16. The standard InChI is InChI=1S/C26H25N5O6S/c1-16(25(32)27-18-10-12-20(13-11-18)31(33)34)38-26-29-28-24(30(26)19-8-6-5-7-9-19)17-14-21(35-2)23(37-4)22(15-17)36-3/h5-16H,1-4H3,(H,27,32)/t16-/m0/s1. The Bertz CT molecular complexity index is 1420. The van der Waals surface area contributed by atoms with Crippen molar-refractivity contribution in [2.24, 2.45) is 0 Å². The highest BCUT2D eigenvalue weighted by Gasteiger charge is 2.24. The van der Waals surface area contributed by atoms with Gasteiger partial charge in [-0.3, -0.25) is 19.5 Å². The van der Waals surface area contributed by atoms with Crippen molar-refractivity contribution in [1.29, 1.82) is 0 Å². The molecule has 1 amide bonds. The normalized spacial score (nSPS) is 11.5. The molecule has 1 heterocycles. The molecule has 0 unspecified atom stereocenters. The molecule has 12 heteroatoms. The Hall–Kier alpha value is -4.58. The predicted molar refractivity (Wildman–Crippen MR) is 143 cm³/mol. The van der Waals surface area contributed by atoms with Crippen LogP contribution in [0.3, 0.4) is 0 Å². The van der Waals surface area contributed by atoms with Gasteiger partial charge in [-0.25, -0.2) is 0 Å². The van der Waals surface area contributed by atoms with E-state index in [0.717, 1.165) is 5.69 Å². The number of rotatable bonds is 10. The molecule has 1 aromatic heterocycles. The van der Waals surface area contributed by atoms with E-state index in [1.807, 2.05) is 34.9 Å². The Labute approximate surface area is 222 Å². The van der Waals surface area contributed by atoms with Gasteiger partial charge in [0.1, 0.15) is 0 Å². The monoisotopic (exact) mass is 535 g/mol. The number of nitro groups is 1. The van der Waals surface area contributed by atoms with Crippen molar-refractivity contribution < 1.29 is 23.9 Å². The third kappa shape index (κ3) is 5.54. The molecule has 0 radical (unpaired) electrons. The molecule has 3 aromatic carbocycles. The number of nitrogens with one attached hydrogen (secondary N) is 1. The van der Waals surface area contributed by atoms with Crippen LogP contribution in [-0.2, 0) is 4.79 Å². The number of carbonyl (C=O) groups is 1. The second-order valence-corrected chi connectivity index (χ2v) is 9.25. The smallest absolute Gasteiger partial charge is 0.269 e. The van der Waals surface area contributed by atoms with Crippen molar-refractivity contribution in [2.75, 3.05) is 26.6 Å². The fourth-order valence-corrected chi connectivity index (χ4v) is 4.54. The van der Waals surface area contributed by atoms with Gasteiger partial charge >= 0.3 is 0 Å². The summed E-state index contributed by atoms with van der Waals surface area (Å²) in [7, 11) is 4.61. The minimum atomic E-state index is -0.565. The zero-order valence-electron chi connectivity index (χ0n) is 21.1. The van der Waals surface area contributed by atoms with Gasteiger partial charge in [0.15, 0.2) is 22.5 Å². The van der Waals surface area contributed by atoms with E-state index in [0.29, 0.717) is 39.5 Å². The first-order valence-electron chi connectivity index (χ1n) is 11.4. The molecular weight excluding hydrogens is 510 g/mol. The van der Waals surface area contributed by atoms with Crippen LogP contribution in [0.5, 0.6) is 17.2 Å². The zero-order valence-corrected chi connectivity index (χ0v) is 21.9. The summed E-state index contributed by atoms with van der Waals surface area (Å²) in [6, 6.07) is 18.7. The van der Waals surface area contributed by atoms with Crippen molar-refractivity contribution >= 4 is 29.0 Å². The number of nitrogens with zero attached hydrogens (tertiary/aromatic N) is 4. The highest BCUT2D eigenvalue weighted by atomic mass is 32.2. The zero-order chi connectivity index (χ0) is 27.2. The number of amides is 1. The summed E-state index contributed by atoms with van der Waals surface area (Å²) >= 11 is 1.23. The minimum Gasteiger partial charge on any atom is -0.493 e. The molecule has 0 saturated carbocycles. The maximum atomic E-state index is 12.9. The van der Waals surface area contributed by atoms with Gasteiger partial charge in [-0.2, -0.15) is 0 Å². The second kappa shape index (κ2) is 11.6. The third-order valence-electron chi connectivity index (χ3n) is 5.57. The molecule has 4 aromatic rings. The van der Waals surface area contributed by atoms with Crippen LogP contribution in [0.25, 0.3) is 17.1 Å². The van der Waals surface area contributed by atoms with Gasteiger partial charge in [0.05, 0.1) is 31.5 Å². The molecule has 38 heavy (non-hydrogen) atoms. The van der Waals surface area contributed by atoms with E-state index in [1.54, 1.807) is 19.1 Å². The number of thioether (sulfide) groups is 1. The van der Waals surface area contributed by atoms with E-state index in [9.17, 15) is 14.9 Å². The van der Waals surface area contributed by atoms with Gasteiger partial charge in [-0.15, -0.1) is 10.2 Å². The number of hydrogen-bond acceptors (Lipinski definition) is 9. The first kappa shape index (κ1) is 26.5. The molecule has 0 aliphatic rings. The summed E-state index contributed by atoms with van der Waals surface area (Å²) < 4.78 is 18.3. The number of anilines is 1. The number of aromatic nitrogens is 3. The lowest BCUT2D eigenvalue weighted by Crippen LogP contribution is -2.22. The molecule has 0 aliphatic carbocycles. The van der Waals surface area contributed by atoms with E-state index < -0.39 is 10.2 Å². The molecule has 0 spiro atoms. The minimum absolute atomic E-state index is 0.0549. The number of ether oxygens (including phenoxy) is 3. The number of methoxy groups -OCH3 is 3. The highest BCUT2D eigenvalue weighted by molar-refractivity contribution is 8.00. The van der Waals surface area contributed by atoms with Gasteiger partial charge in [-0.05, 0) is 43.3 Å². The molecule has 1 N–H and O–H groups in total. The van der Waals surface area contributed by atoms with Crippen LogP contribution >= 0.6 is 11.8 Å². The Kier molecular flexibility index (Phi) is 8.12. The Morgan fingerprint density at radius 3 is 2.16 bits per heavy atom. The van der Waals surface area contributed by atoms with E-state index in [1.165, 1.54) is 57.4 Å². The largest absolute Gasteiger partial charge is 0.493 e. The number of benzene rings is 3. The lowest BCUT2D eigenvalue weighted by atomic mass is 10.1. The van der Waals surface area contributed by atoms with Gasteiger partial charge < -0.3 is 19.5 Å². The fraction of sp³-hybridized carbons (Fsp3) is 0.192. The SMILES string of the molecule is COc1cc(-c2nnc(S[C@@H](C)C(=O)Nc3ccc([N+](=O)[O-])cc3)n2-c2ccccc2)cc(OC)c1OC. The Balaban J connectivity index is 1.67. The van der Waals surface area contributed by atoms with E-state index in [2.05, 4.69) is 15.5 Å². The fourth-order valence-electron chi connectivity index (χ4n) is 3.68. The third-order valence-corrected chi connectivity index (χ3v) is 6.61. The average molecular weight is 536 g/mol. The summed E-state index contributed by atoms with van der Waals surface area (Å²) in [6.07, 6.45) is 0. The van der Waals surface area contributed by atoms with E-state index in [-0.39, 0.29) is 11.6 Å². The molecule has 0 fully saturated rings. The molecule has 11 nitrogen and oxygen atoms in total. The molecule has 0 aliphatic heterocycles. The summed E-state index contributed by atoms with van der Waals surface area (Å²) in [6.45, 7) is 1.74. The molecule has 4 rings (SSSR count).